The Morgan fingerprint density at radius 3 is 2.62 bits per heavy atom. The largest absolute Gasteiger partial charge is 0.314 e. The molecule has 3 rings (SSSR count). The Balaban J connectivity index is 1.70. The number of hydrogen-bond acceptors (Lipinski definition) is 2. The van der Waals surface area contributed by atoms with Crippen LogP contribution in [-0.4, -0.2) is 22.4 Å². The fraction of sp³-hybridized carbons (Fsp3) is 0.471. The zero-order valence-electron chi connectivity index (χ0n) is 12.7. The molecule has 0 aliphatic heterocycles. The maximum absolute atomic E-state index is 13.0. The second-order valence-electron chi connectivity index (χ2n) is 5.87. The molecule has 112 valence electrons. The van der Waals surface area contributed by atoms with E-state index in [2.05, 4.69) is 24.3 Å². The molecule has 0 saturated heterocycles. The van der Waals surface area contributed by atoms with Crippen LogP contribution >= 0.6 is 0 Å². The Kier molecular flexibility index (Phi) is 4.06. The molecule has 0 atom stereocenters. The van der Waals surface area contributed by atoms with Crippen molar-refractivity contribution in [2.45, 2.75) is 45.6 Å². The molecule has 0 radical (unpaired) electrons. The van der Waals surface area contributed by atoms with Gasteiger partial charge >= 0.3 is 0 Å². The number of hydrogen-bond donors (Lipinski definition) is 1. The second kappa shape index (κ2) is 5.98. The summed E-state index contributed by atoms with van der Waals surface area (Å²) in [4.78, 5) is 0. The molecular formula is C17H22FN3. The molecular weight excluding hydrogens is 265 g/mol. The second-order valence-corrected chi connectivity index (χ2v) is 5.87. The number of aryl methyl sites for hydroxylation is 1. The van der Waals surface area contributed by atoms with Crippen LogP contribution in [0.2, 0.25) is 0 Å². The van der Waals surface area contributed by atoms with Crippen LogP contribution < -0.4 is 5.32 Å². The highest BCUT2D eigenvalue weighted by molar-refractivity contribution is 5.37. The Bertz CT molecular complexity index is 612. The third-order valence-electron chi connectivity index (χ3n) is 4.13. The van der Waals surface area contributed by atoms with Gasteiger partial charge in [-0.1, -0.05) is 0 Å². The van der Waals surface area contributed by atoms with Gasteiger partial charge in [-0.15, -0.1) is 0 Å². The Labute approximate surface area is 125 Å². The quantitative estimate of drug-likeness (QED) is 0.826. The lowest BCUT2D eigenvalue weighted by atomic mass is 10.1. The van der Waals surface area contributed by atoms with E-state index >= 15 is 0 Å². The van der Waals surface area contributed by atoms with Gasteiger partial charge < -0.3 is 5.32 Å². The van der Waals surface area contributed by atoms with Crippen molar-refractivity contribution in [3.8, 4) is 5.69 Å². The van der Waals surface area contributed by atoms with Crippen LogP contribution in [0.25, 0.3) is 5.69 Å². The molecule has 1 aliphatic carbocycles. The van der Waals surface area contributed by atoms with Crippen LogP contribution in [0, 0.1) is 19.7 Å². The van der Waals surface area contributed by atoms with Gasteiger partial charge in [-0.25, -0.2) is 9.07 Å². The monoisotopic (exact) mass is 287 g/mol. The van der Waals surface area contributed by atoms with Crippen molar-refractivity contribution in [2.24, 2.45) is 0 Å². The fourth-order valence-corrected chi connectivity index (χ4v) is 2.73. The minimum absolute atomic E-state index is 0.216. The van der Waals surface area contributed by atoms with Crippen molar-refractivity contribution in [2.75, 3.05) is 6.54 Å². The SMILES string of the molecule is Cc1nn(-c2ccc(F)cc2)c(C)c1CCCNC1CC1. The Hall–Kier alpha value is -1.68. The van der Waals surface area contributed by atoms with Gasteiger partial charge in [0.2, 0.25) is 0 Å². The van der Waals surface area contributed by atoms with Gasteiger partial charge in [-0.3, -0.25) is 0 Å². The van der Waals surface area contributed by atoms with E-state index in [1.165, 1.54) is 30.5 Å². The molecule has 1 saturated carbocycles. The average molecular weight is 287 g/mol. The van der Waals surface area contributed by atoms with Crippen molar-refractivity contribution < 1.29 is 4.39 Å². The topological polar surface area (TPSA) is 29.9 Å². The van der Waals surface area contributed by atoms with Crippen molar-refractivity contribution in [1.82, 2.24) is 15.1 Å². The molecule has 1 heterocycles. The van der Waals surface area contributed by atoms with E-state index in [4.69, 9.17) is 0 Å². The van der Waals surface area contributed by atoms with Crippen molar-refractivity contribution >= 4 is 0 Å². The van der Waals surface area contributed by atoms with E-state index in [1.807, 2.05) is 4.68 Å². The summed E-state index contributed by atoms with van der Waals surface area (Å²) in [6, 6.07) is 7.27. The van der Waals surface area contributed by atoms with Crippen LogP contribution in [0.5, 0.6) is 0 Å². The van der Waals surface area contributed by atoms with E-state index in [-0.39, 0.29) is 5.82 Å². The number of aromatic nitrogens is 2. The van der Waals surface area contributed by atoms with Gasteiger partial charge in [-0.2, -0.15) is 5.10 Å². The molecule has 2 aromatic rings. The molecule has 1 fully saturated rings. The highest BCUT2D eigenvalue weighted by Gasteiger charge is 2.19. The number of halogens is 1. The van der Waals surface area contributed by atoms with Gasteiger partial charge in [0.1, 0.15) is 5.82 Å². The molecule has 1 aromatic heterocycles. The number of benzene rings is 1. The van der Waals surface area contributed by atoms with Crippen molar-refractivity contribution in [3.05, 3.63) is 47.0 Å². The summed E-state index contributed by atoms with van der Waals surface area (Å²) >= 11 is 0. The first-order valence-electron chi connectivity index (χ1n) is 7.69. The summed E-state index contributed by atoms with van der Waals surface area (Å²) in [6.45, 7) is 5.22. The molecule has 1 aromatic carbocycles. The predicted molar refractivity (Wildman–Crippen MR) is 82.3 cm³/mol. The maximum atomic E-state index is 13.0. The van der Waals surface area contributed by atoms with Gasteiger partial charge in [0.15, 0.2) is 0 Å². The molecule has 1 N–H and O–H groups in total. The van der Waals surface area contributed by atoms with E-state index < -0.39 is 0 Å². The number of rotatable bonds is 6. The predicted octanol–water partition coefficient (Wildman–Crippen LogP) is 3.31. The average Bonchev–Trinajstić information content (AvgIpc) is 3.25. The van der Waals surface area contributed by atoms with Crippen LogP contribution in [0.15, 0.2) is 24.3 Å². The molecule has 0 unspecified atom stereocenters. The maximum Gasteiger partial charge on any atom is 0.123 e. The fourth-order valence-electron chi connectivity index (χ4n) is 2.73. The lowest BCUT2D eigenvalue weighted by Gasteiger charge is -2.06. The summed E-state index contributed by atoms with van der Waals surface area (Å²) in [6.07, 6.45) is 4.84. The Morgan fingerprint density at radius 1 is 1.24 bits per heavy atom. The summed E-state index contributed by atoms with van der Waals surface area (Å²) in [7, 11) is 0. The normalized spacial score (nSPS) is 14.6. The minimum Gasteiger partial charge on any atom is -0.314 e. The van der Waals surface area contributed by atoms with Crippen molar-refractivity contribution in [1.29, 1.82) is 0 Å². The first kappa shape index (κ1) is 14.3. The lowest BCUT2D eigenvalue weighted by molar-refractivity contribution is 0.626. The van der Waals surface area contributed by atoms with E-state index in [1.54, 1.807) is 12.1 Å². The van der Waals surface area contributed by atoms with Crippen LogP contribution in [-0.2, 0) is 6.42 Å². The van der Waals surface area contributed by atoms with Gasteiger partial charge in [0.25, 0.3) is 0 Å². The molecule has 0 spiro atoms. The highest BCUT2D eigenvalue weighted by atomic mass is 19.1. The lowest BCUT2D eigenvalue weighted by Crippen LogP contribution is -2.18. The summed E-state index contributed by atoms with van der Waals surface area (Å²) in [5, 5.41) is 8.15. The molecule has 0 bridgehead atoms. The van der Waals surface area contributed by atoms with E-state index in [0.717, 1.165) is 42.5 Å². The van der Waals surface area contributed by atoms with Gasteiger partial charge in [-0.05, 0) is 75.9 Å². The molecule has 0 amide bonds. The van der Waals surface area contributed by atoms with E-state index in [0.29, 0.717) is 0 Å². The van der Waals surface area contributed by atoms with Crippen LogP contribution in [0.4, 0.5) is 4.39 Å². The summed E-state index contributed by atoms with van der Waals surface area (Å²) < 4.78 is 14.9. The Morgan fingerprint density at radius 2 is 1.95 bits per heavy atom. The zero-order chi connectivity index (χ0) is 14.8. The number of nitrogens with one attached hydrogen (secondary N) is 1. The standard InChI is InChI=1S/C17H22FN3/c1-12-17(4-3-11-19-15-7-8-15)13(2)21(20-12)16-9-5-14(18)6-10-16/h5-6,9-10,15,19H,3-4,7-8,11H2,1-2H3. The number of nitrogens with zero attached hydrogens (tertiary/aromatic N) is 2. The smallest absolute Gasteiger partial charge is 0.123 e. The van der Waals surface area contributed by atoms with Crippen LogP contribution in [0.1, 0.15) is 36.2 Å². The summed E-state index contributed by atoms with van der Waals surface area (Å²) in [5.41, 5.74) is 4.46. The van der Waals surface area contributed by atoms with E-state index in [9.17, 15) is 4.39 Å². The molecule has 4 heteroatoms. The molecule has 1 aliphatic rings. The van der Waals surface area contributed by atoms with Crippen LogP contribution in [0.3, 0.4) is 0 Å². The first-order valence-corrected chi connectivity index (χ1v) is 7.69. The highest BCUT2D eigenvalue weighted by Crippen LogP contribution is 2.21. The molecule has 21 heavy (non-hydrogen) atoms. The van der Waals surface area contributed by atoms with Crippen molar-refractivity contribution in [3.63, 3.8) is 0 Å². The van der Waals surface area contributed by atoms with Gasteiger partial charge in [0.05, 0.1) is 11.4 Å². The first-order chi connectivity index (χ1) is 10.1. The molecule has 3 nitrogen and oxygen atoms in total. The van der Waals surface area contributed by atoms with Gasteiger partial charge in [0, 0.05) is 11.7 Å². The third-order valence-corrected chi connectivity index (χ3v) is 4.13. The summed E-state index contributed by atoms with van der Waals surface area (Å²) in [5.74, 6) is -0.216. The zero-order valence-corrected chi connectivity index (χ0v) is 12.7. The third kappa shape index (κ3) is 3.32. The minimum atomic E-state index is -0.216.